The number of hydrogen-bond donors (Lipinski definition) is 0. The quantitative estimate of drug-likeness (QED) is 0.687. The average Bonchev–Trinajstić information content (AvgIpc) is 2.84. The van der Waals surface area contributed by atoms with Gasteiger partial charge in [-0.2, -0.15) is 4.31 Å². The molecule has 1 fully saturated rings. The Morgan fingerprint density at radius 1 is 1.00 bits per heavy atom. The van der Waals surface area contributed by atoms with Crippen molar-refractivity contribution in [2.75, 3.05) is 38.8 Å². The summed E-state index contributed by atoms with van der Waals surface area (Å²) in [5.74, 6) is 0.887. The van der Waals surface area contributed by atoms with E-state index in [0.717, 1.165) is 29.7 Å². The van der Waals surface area contributed by atoms with E-state index in [1.807, 2.05) is 17.0 Å². The Hall–Kier alpha value is -2.58. The third-order valence-corrected chi connectivity index (χ3v) is 8.35. The van der Waals surface area contributed by atoms with E-state index in [2.05, 4.69) is 6.92 Å². The largest absolute Gasteiger partial charge is 0.497 e. The number of nitrogens with zero attached hydrogens (tertiary/aromatic N) is 2. The number of piperidine rings is 1. The van der Waals surface area contributed by atoms with Gasteiger partial charge in [0.2, 0.25) is 15.9 Å². The highest BCUT2D eigenvalue weighted by Crippen LogP contribution is 2.39. The zero-order chi connectivity index (χ0) is 22.9. The lowest BCUT2D eigenvalue weighted by Crippen LogP contribution is -2.48. The van der Waals surface area contributed by atoms with Crippen molar-refractivity contribution in [1.29, 1.82) is 0 Å². The Morgan fingerprint density at radius 3 is 2.44 bits per heavy atom. The van der Waals surface area contributed by atoms with Gasteiger partial charge in [0.25, 0.3) is 0 Å². The smallest absolute Gasteiger partial charge is 0.243 e. The molecule has 2 aromatic rings. The van der Waals surface area contributed by atoms with Crippen LogP contribution in [0.1, 0.15) is 30.4 Å². The zero-order valence-electron chi connectivity index (χ0n) is 18.8. The van der Waals surface area contributed by atoms with Crippen molar-refractivity contribution < 1.29 is 22.7 Å². The second kappa shape index (κ2) is 9.11. The molecular formula is C24H30N2O5S. The Bertz CT molecular complexity index is 1100. The summed E-state index contributed by atoms with van der Waals surface area (Å²) >= 11 is 0. The van der Waals surface area contributed by atoms with Gasteiger partial charge in [-0.05, 0) is 74.1 Å². The molecule has 1 atom stereocenters. The predicted octanol–water partition coefficient (Wildman–Crippen LogP) is 3.39. The van der Waals surface area contributed by atoms with Crippen molar-refractivity contribution in [2.24, 2.45) is 5.92 Å². The third kappa shape index (κ3) is 4.09. The second-order valence-corrected chi connectivity index (χ2v) is 10.3. The molecule has 0 radical (unpaired) electrons. The molecule has 2 aliphatic rings. The number of ether oxygens (including phenoxy) is 2. The van der Waals surface area contributed by atoms with Crippen LogP contribution in [0.2, 0.25) is 0 Å². The summed E-state index contributed by atoms with van der Waals surface area (Å²) in [5.41, 5.74) is 3.13. The highest BCUT2D eigenvalue weighted by atomic mass is 32.2. The summed E-state index contributed by atoms with van der Waals surface area (Å²) in [7, 11) is -0.524. The molecule has 2 heterocycles. The maximum atomic E-state index is 13.6. The zero-order valence-corrected chi connectivity index (χ0v) is 19.7. The Labute approximate surface area is 190 Å². The number of aryl methyl sites for hydroxylation is 1. The fourth-order valence-corrected chi connectivity index (χ4v) is 6.24. The number of carbonyl (C=O) groups excluding carboxylic acids is 1. The van der Waals surface area contributed by atoms with Crippen LogP contribution in [0, 0.1) is 12.8 Å². The lowest BCUT2D eigenvalue weighted by atomic mass is 9.93. The minimum atomic E-state index is -3.68. The van der Waals surface area contributed by atoms with Gasteiger partial charge in [0, 0.05) is 19.6 Å². The first kappa shape index (κ1) is 22.6. The first-order valence-electron chi connectivity index (χ1n) is 11.0. The molecule has 0 N–H and O–H groups in total. The number of fused-ring (bicyclic) bond motifs is 1. The molecule has 0 spiro atoms. The fourth-order valence-electron chi connectivity index (χ4n) is 4.72. The normalized spacial score (nSPS) is 19.3. The SMILES string of the molecule is COc1ccc(S(=O)(=O)N2CCCC(C(=O)N3CCCc4c(C)ccc(OC)c43)C2)cc1. The molecular weight excluding hydrogens is 428 g/mol. The van der Waals surface area contributed by atoms with Gasteiger partial charge in [0.15, 0.2) is 0 Å². The maximum Gasteiger partial charge on any atom is 0.243 e. The van der Waals surface area contributed by atoms with E-state index in [1.165, 1.54) is 4.31 Å². The van der Waals surface area contributed by atoms with Crippen molar-refractivity contribution in [3.63, 3.8) is 0 Å². The molecule has 0 saturated carbocycles. The molecule has 8 heteroatoms. The first-order valence-corrected chi connectivity index (χ1v) is 12.4. The van der Waals surface area contributed by atoms with E-state index < -0.39 is 10.0 Å². The van der Waals surface area contributed by atoms with E-state index in [4.69, 9.17) is 9.47 Å². The van der Waals surface area contributed by atoms with E-state index in [-0.39, 0.29) is 23.3 Å². The lowest BCUT2D eigenvalue weighted by molar-refractivity contribution is -0.123. The van der Waals surface area contributed by atoms with Gasteiger partial charge in [-0.1, -0.05) is 6.07 Å². The standard InChI is InChI=1S/C24H30N2O5S/c1-17-8-13-22(31-3)23-21(17)7-5-15-26(23)24(27)18-6-4-14-25(16-18)32(28,29)20-11-9-19(30-2)10-12-20/h8-13,18H,4-7,14-16H2,1-3H3. The molecule has 1 amide bonds. The summed E-state index contributed by atoms with van der Waals surface area (Å²) in [4.78, 5) is 15.7. The number of anilines is 1. The van der Waals surface area contributed by atoms with Gasteiger partial charge in [0.1, 0.15) is 11.5 Å². The van der Waals surface area contributed by atoms with Gasteiger partial charge < -0.3 is 14.4 Å². The van der Waals surface area contributed by atoms with Crippen LogP contribution in [-0.2, 0) is 21.2 Å². The summed E-state index contributed by atoms with van der Waals surface area (Å²) in [6.07, 6.45) is 3.11. The molecule has 7 nitrogen and oxygen atoms in total. The van der Waals surface area contributed by atoms with Crippen molar-refractivity contribution >= 4 is 21.6 Å². The number of benzene rings is 2. The highest BCUT2D eigenvalue weighted by Gasteiger charge is 2.37. The number of hydrogen-bond acceptors (Lipinski definition) is 5. The summed E-state index contributed by atoms with van der Waals surface area (Å²) in [5, 5.41) is 0. The van der Waals surface area contributed by atoms with E-state index in [1.54, 1.807) is 38.5 Å². The van der Waals surface area contributed by atoms with Gasteiger partial charge in [-0.25, -0.2) is 8.42 Å². The maximum absolute atomic E-state index is 13.6. The average molecular weight is 459 g/mol. The van der Waals surface area contributed by atoms with E-state index >= 15 is 0 Å². The van der Waals surface area contributed by atoms with Crippen LogP contribution in [0.25, 0.3) is 0 Å². The van der Waals surface area contributed by atoms with Crippen LogP contribution < -0.4 is 14.4 Å². The summed E-state index contributed by atoms with van der Waals surface area (Å²) in [6, 6.07) is 10.3. The topological polar surface area (TPSA) is 76.2 Å². The van der Waals surface area contributed by atoms with Crippen LogP contribution in [0.5, 0.6) is 11.5 Å². The lowest BCUT2D eigenvalue weighted by Gasteiger charge is -2.37. The van der Waals surface area contributed by atoms with Crippen LogP contribution in [0.4, 0.5) is 5.69 Å². The first-order chi connectivity index (χ1) is 15.4. The van der Waals surface area contributed by atoms with Crippen LogP contribution in [-0.4, -0.2) is 52.5 Å². The summed E-state index contributed by atoms with van der Waals surface area (Å²) in [6.45, 7) is 3.27. The molecule has 0 bridgehead atoms. The van der Waals surface area contributed by atoms with E-state index in [9.17, 15) is 13.2 Å². The van der Waals surface area contributed by atoms with Crippen molar-refractivity contribution in [1.82, 2.24) is 4.31 Å². The molecule has 2 aliphatic heterocycles. The Kier molecular flexibility index (Phi) is 6.44. The van der Waals surface area contributed by atoms with Gasteiger partial charge in [0.05, 0.1) is 30.7 Å². The van der Waals surface area contributed by atoms with Crippen LogP contribution in [0.3, 0.4) is 0 Å². The predicted molar refractivity (Wildman–Crippen MR) is 123 cm³/mol. The second-order valence-electron chi connectivity index (χ2n) is 8.38. The number of sulfonamides is 1. The fraction of sp³-hybridized carbons (Fsp3) is 0.458. The van der Waals surface area contributed by atoms with Crippen molar-refractivity contribution in [3.05, 3.63) is 47.5 Å². The molecule has 172 valence electrons. The van der Waals surface area contributed by atoms with Gasteiger partial charge in [-0.3, -0.25) is 4.79 Å². The van der Waals surface area contributed by atoms with Crippen LogP contribution in [0.15, 0.2) is 41.3 Å². The molecule has 4 rings (SSSR count). The summed E-state index contributed by atoms with van der Waals surface area (Å²) < 4.78 is 38.6. The Balaban J connectivity index is 1.58. The number of carbonyl (C=O) groups is 1. The monoisotopic (exact) mass is 458 g/mol. The molecule has 0 aromatic heterocycles. The van der Waals surface area contributed by atoms with Crippen molar-refractivity contribution in [2.45, 2.75) is 37.5 Å². The van der Waals surface area contributed by atoms with E-state index in [0.29, 0.717) is 37.4 Å². The minimum absolute atomic E-state index is 0.0236. The molecule has 0 aliphatic carbocycles. The highest BCUT2D eigenvalue weighted by molar-refractivity contribution is 7.89. The van der Waals surface area contributed by atoms with Crippen LogP contribution >= 0.6 is 0 Å². The molecule has 2 aromatic carbocycles. The number of amides is 1. The van der Waals surface area contributed by atoms with Crippen molar-refractivity contribution in [3.8, 4) is 11.5 Å². The molecule has 32 heavy (non-hydrogen) atoms. The number of methoxy groups -OCH3 is 2. The van der Waals surface area contributed by atoms with Gasteiger partial charge in [-0.15, -0.1) is 0 Å². The Morgan fingerprint density at radius 2 is 1.75 bits per heavy atom. The number of rotatable bonds is 5. The molecule has 1 unspecified atom stereocenters. The third-order valence-electron chi connectivity index (χ3n) is 6.47. The van der Waals surface area contributed by atoms with Gasteiger partial charge >= 0.3 is 0 Å². The minimum Gasteiger partial charge on any atom is -0.497 e. The molecule has 1 saturated heterocycles.